The van der Waals surface area contributed by atoms with E-state index in [4.69, 9.17) is 4.74 Å². The minimum atomic E-state index is -2.84. The summed E-state index contributed by atoms with van der Waals surface area (Å²) in [5, 5.41) is 3.36. The third-order valence-corrected chi connectivity index (χ3v) is 4.08. The van der Waals surface area contributed by atoms with Gasteiger partial charge in [0, 0.05) is 12.1 Å². The molecule has 2 atom stereocenters. The Bertz CT molecular complexity index is 491. The first-order chi connectivity index (χ1) is 9.80. The maximum atomic E-state index is 12.5. The number of nitrogens with one attached hydrogen (secondary N) is 1. The second-order valence-electron chi connectivity index (χ2n) is 6.54. The van der Waals surface area contributed by atoms with Gasteiger partial charge in [0.05, 0.1) is 12.8 Å². The fraction of sp³-hybridized carbons (Fsp3) is 0.625. The van der Waals surface area contributed by atoms with Gasteiger partial charge in [-0.15, -0.1) is 0 Å². The minimum absolute atomic E-state index is 0.155. The normalized spacial score (nSPS) is 24.1. The number of hydrogen-bond donors (Lipinski definition) is 1. The van der Waals surface area contributed by atoms with Gasteiger partial charge in [0.2, 0.25) is 0 Å². The predicted molar refractivity (Wildman–Crippen MR) is 79.2 cm³/mol. The van der Waals surface area contributed by atoms with Crippen LogP contribution < -0.4 is 14.8 Å². The Labute approximate surface area is 124 Å². The van der Waals surface area contributed by atoms with Crippen molar-refractivity contribution in [2.24, 2.45) is 11.3 Å². The molecular formula is C16H23F2NO2. The average molecular weight is 299 g/mol. The van der Waals surface area contributed by atoms with Crippen molar-refractivity contribution in [1.29, 1.82) is 0 Å². The Kier molecular flexibility index (Phi) is 4.59. The van der Waals surface area contributed by atoms with Crippen molar-refractivity contribution >= 4 is 5.69 Å². The molecule has 2 rings (SSSR count). The molecule has 0 saturated heterocycles. The lowest BCUT2D eigenvalue weighted by atomic mass is 9.91. The van der Waals surface area contributed by atoms with Gasteiger partial charge in [-0.05, 0) is 36.3 Å². The number of ether oxygens (including phenoxy) is 2. The molecule has 0 aromatic heterocycles. The molecule has 21 heavy (non-hydrogen) atoms. The molecule has 0 aliphatic heterocycles. The van der Waals surface area contributed by atoms with E-state index < -0.39 is 6.61 Å². The lowest BCUT2D eigenvalue weighted by molar-refractivity contribution is -0.0494. The average Bonchev–Trinajstić information content (AvgIpc) is 2.63. The second-order valence-corrected chi connectivity index (χ2v) is 6.54. The lowest BCUT2D eigenvalue weighted by Crippen LogP contribution is -2.23. The fourth-order valence-corrected chi connectivity index (χ4v) is 3.23. The van der Waals surface area contributed by atoms with Gasteiger partial charge in [-0.2, -0.15) is 8.78 Å². The number of anilines is 1. The van der Waals surface area contributed by atoms with Crippen LogP contribution in [0.3, 0.4) is 0 Å². The van der Waals surface area contributed by atoms with Crippen molar-refractivity contribution in [1.82, 2.24) is 0 Å². The van der Waals surface area contributed by atoms with E-state index in [0.717, 1.165) is 12.8 Å². The van der Waals surface area contributed by atoms with Gasteiger partial charge in [0.15, 0.2) is 0 Å². The van der Waals surface area contributed by atoms with Gasteiger partial charge < -0.3 is 14.8 Å². The van der Waals surface area contributed by atoms with Gasteiger partial charge in [-0.1, -0.05) is 20.8 Å². The molecule has 0 bridgehead atoms. The summed E-state index contributed by atoms with van der Waals surface area (Å²) in [4.78, 5) is 0. The van der Waals surface area contributed by atoms with E-state index in [2.05, 4.69) is 30.8 Å². The van der Waals surface area contributed by atoms with Gasteiger partial charge in [-0.3, -0.25) is 0 Å². The number of hydrogen-bond acceptors (Lipinski definition) is 3. The third-order valence-electron chi connectivity index (χ3n) is 4.08. The van der Waals surface area contributed by atoms with E-state index in [9.17, 15) is 8.78 Å². The summed E-state index contributed by atoms with van der Waals surface area (Å²) in [7, 11) is 1.55. The number of methoxy groups -OCH3 is 1. The monoisotopic (exact) mass is 299 g/mol. The topological polar surface area (TPSA) is 30.5 Å². The van der Waals surface area contributed by atoms with Gasteiger partial charge in [0.1, 0.15) is 11.5 Å². The van der Waals surface area contributed by atoms with Crippen LogP contribution in [-0.2, 0) is 0 Å². The molecule has 0 radical (unpaired) electrons. The summed E-state index contributed by atoms with van der Waals surface area (Å²) in [6.45, 7) is 3.80. The molecule has 0 amide bonds. The molecule has 5 heteroatoms. The second kappa shape index (κ2) is 6.08. The molecule has 2 unspecified atom stereocenters. The first-order valence-electron chi connectivity index (χ1n) is 7.20. The van der Waals surface area contributed by atoms with Crippen LogP contribution in [0.5, 0.6) is 11.5 Å². The Balaban J connectivity index is 2.21. The van der Waals surface area contributed by atoms with Crippen molar-refractivity contribution in [2.45, 2.75) is 46.3 Å². The van der Waals surface area contributed by atoms with Crippen LogP contribution in [0.15, 0.2) is 18.2 Å². The highest BCUT2D eigenvalue weighted by Crippen LogP contribution is 2.43. The summed E-state index contributed by atoms with van der Waals surface area (Å²) in [6.07, 6.45) is 2.11. The molecule has 118 valence electrons. The Morgan fingerprint density at radius 1 is 1.29 bits per heavy atom. The highest BCUT2D eigenvalue weighted by atomic mass is 19.3. The van der Waals surface area contributed by atoms with Crippen LogP contribution in [0, 0.1) is 11.3 Å². The Morgan fingerprint density at radius 3 is 2.52 bits per heavy atom. The molecule has 1 aliphatic rings. The maximum absolute atomic E-state index is 12.5. The highest BCUT2D eigenvalue weighted by Gasteiger charge is 2.37. The van der Waals surface area contributed by atoms with E-state index in [1.807, 2.05) is 0 Å². The Hall–Kier alpha value is -1.52. The lowest BCUT2D eigenvalue weighted by Gasteiger charge is -2.22. The van der Waals surface area contributed by atoms with Crippen LogP contribution in [0.1, 0.15) is 33.6 Å². The zero-order valence-electron chi connectivity index (χ0n) is 13.0. The number of rotatable bonds is 5. The summed E-state index contributed by atoms with van der Waals surface area (Å²) in [6, 6.07) is 5.07. The summed E-state index contributed by atoms with van der Waals surface area (Å²) >= 11 is 0. The molecule has 1 fully saturated rings. The summed E-state index contributed by atoms with van der Waals surface area (Å²) < 4.78 is 34.8. The molecule has 1 aliphatic carbocycles. The molecular weight excluding hydrogens is 276 g/mol. The van der Waals surface area contributed by atoms with Crippen LogP contribution in [0.25, 0.3) is 0 Å². The van der Waals surface area contributed by atoms with Gasteiger partial charge in [0.25, 0.3) is 0 Å². The molecule has 1 aromatic carbocycles. The van der Waals surface area contributed by atoms with E-state index in [0.29, 0.717) is 17.4 Å². The highest BCUT2D eigenvalue weighted by molar-refractivity contribution is 5.60. The molecule has 1 N–H and O–H groups in total. The minimum Gasteiger partial charge on any atom is -0.497 e. The largest absolute Gasteiger partial charge is 0.497 e. The van der Waals surface area contributed by atoms with Crippen molar-refractivity contribution in [2.75, 3.05) is 12.4 Å². The van der Waals surface area contributed by atoms with Crippen molar-refractivity contribution < 1.29 is 18.3 Å². The van der Waals surface area contributed by atoms with Crippen molar-refractivity contribution in [3.63, 3.8) is 0 Å². The summed E-state index contributed by atoms with van der Waals surface area (Å²) in [5.41, 5.74) is 0.823. The van der Waals surface area contributed by atoms with Crippen molar-refractivity contribution in [3.05, 3.63) is 18.2 Å². The van der Waals surface area contributed by atoms with E-state index >= 15 is 0 Å². The SMILES string of the molecule is COc1ccc(OC(F)F)c(NC2CC(C)(C)CC2C)c1. The number of halogens is 2. The zero-order valence-corrected chi connectivity index (χ0v) is 13.0. The number of benzene rings is 1. The maximum Gasteiger partial charge on any atom is 0.387 e. The third kappa shape index (κ3) is 3.99. The molecule has 3 nitrogen and oxygen atoms in total. The van der Waals surface area contributed by atoms with E-state index in [1.165, 1.54) is 6.07 Å². The van der Waals surface area contributed by atoms with E-state index in [1.54, 1.807) is 19.2 Å². The van der Waals surface area contributed by atoms with Crippen LogP contribution in [-0.4, -0.2) is 19.8 Å². The number of alkyl halides is 2. The quantitative estimate of drug-likeness (QED) is 0.866. The predicted octanol–water partition coefficient (Wildman–Crippen LogP) is 4.53. The van der Waals surface area contributed by atoms with Gasteiger partial charge >= 0.3 is 6.61 Å². The summed E-state index contributed by atoms with van der Waals surface area (Å²) in [5.74, 6) is 1.25. The van der Waals surface area contributed by atoms with Crippen molar-refractivity contribution in [3.8, 4) is 11.5 Å². The Morgan fingerprint density at radius 2 is 2.00 bits per heavy atom. The first-order valence-corrected chi connectivity index (χ1v) is 7.20. The molecule has 0 spiro atoms. The molecule has 1 saturated carbocycles. The fourth-order valence-electron chi connectivity index (χ4n) is 3.23. The van der Waals surface area contributed by atoms with Crippen LogP contribution in [0.2, 0.25) is 0 Å². The molecule has 0 heterocycles. The smallest absolute Gasteiger partial charge is 0.387 e. The standard InChI is InChI=1S/C16H23F2NO2/c1-10-8-16(2,3)9-13(10)19-12-7-11(20-4)5-6-14(12)21-15(17)18/h5-7,10,13,15,19H,8-9H2,1-4H3. The van der Waals surface area contributed by atoms with E-state index in [-0.39, 0.29) is 17.2 Å². The van der Waals surface area contributed by atoms with Crippen LogP contribution in [0.4, 0.5) is 14.5 Å². The molecule has 1 aromatic rings. The zero-order chi connectivity index (χ0) is 15.6. The first kappa shape index (κ1) is 15.9. The van der Waals surface area contributed by atoms with Crippen LogP contribution >= 0.6 is 0 Å². The van der Waals surface area contributed by atoms with Gasteiger partial charge in [-0.25, -0.2) is 0 Å².